The van der Waals surface area contributed by atoms with Crippen LogP contribution in [0, 0.1) is 0 Å². The summed E-state index contributed by atoms with van der Waals surface area (Å²) in [7, 11) is -3.62. The highest BCUT2D eigenvalue weighted by Gasteiger charge is 2.38. The van der Waals surface area contributed by atoms with Crippen LogP contribution in [-0.2, 0) is 10.0 Å². The van der Waals surface area contributed by atoms with E-state index < -0.39 is 10.0 Å². The van der Waals surface area contributed by atoms with Crippen LogP contribution < -0.4 is 10.0 Å². The van der Waals surface area contributed by atoms with Crippen molar-refractivity contribution < 1.29 is 13.2 Å². The minimum Gasteiger partial charge on any atom is -0.350 e. The number of hydrogen-bond donors (Lipinski definition) is 2. The van der Waals surface area contributed by atoms with Crippen molar-refractivity contribution in [3.05, 3.63) is 29.8 Å². The Balaban J connectivity index is 1.71. The van der Waals surface area contributed by atoms with Gasteiger partial charge < -0.3 is 5.32 Å². The summed E-state index contributed by atoms with van der Waals surface area (Å²) in [5.41, 5.74) is 0.443. The number of carbonyl (C=O) groups excluding carboxylic acids is 1. The van der Waals surface area contributed by atoms with Gasteiger partial charge in [-0.1, -0.05) is 31.7 Å². The number of piperidine rings is 1. The standard InChI is InChI=1S/C22H35N3O3S/c1-18(2)24-29(27,28)20-11-9-10-19(16-20)21(26)23-17-22(12-5-3-6-13-22)25-14-7-4-8-15-25/h9-11,16,18,24H,3-8,12-15,17H2,1-2H3,(H,23,26). The number of carbonyl (C=O) groups is 1. The van der Waals surface area contributed by atoms with Gasteiger partial charge in [-0.05, 0) is 70.8 Å². The number of nitrogens with one attached hydrogen (secondary N) is 2. The Labute approximate surface area is 175 Å². The molecule has 1 aromatic rings. The molecule has 0 aromatic heterocycles. The van der Waals surface area contributed by atoms with Crippen LogP contribution in [0.25, 0.3) is 0 Å². The lowest BCUT2D eigenvalue weighted by atomic mass is 9.79. The summed E-state index contributed by atoms with van der Waals surface area (Å²) < 4.78 is 27.4. The molecule has 2 fully saturated rings. The van der Waals surface area contributed by atoms with E-state index >= 15 is 0 Å². The Morgan fingerprint density at radius 3 is 2.38 bits per heavy atom. The van der Waals surface area contributed by atoms with Gasteiger partial charge in [-0.25, -0.2) is 13.1 Å². The maximum absolute atomic E-state index is 12.9. The molecule has 3 rings (SSSR count). The van der Waals surface area contributed by atoms with Crippen LogP contribution in [0.15, 0.2) is 29.2 Å². The van der Waals surface area contributed by atoms with Gasteiger partial charge in [0.15, 0.2) is 0 Å². The van der Waals surface area contributed by atoms with Crippen LogP contribution in [0.4, 0.5) is 0 Å². The molecule has 2 aliphatic rings. The second-order valence-electron chi connectivity index (χ2n) is 8.82. The highest BCUT2D eigenvalue weighted by atomic mass is 32.2. The Morgan fingerprint density at radius 2 is 1.72 bits per heavy atom. The molecule has 1 saturated carbocycles. The lowest BCUT2D eigenvalue weighted by Crippen LogP contribution is -2.58. The normalized spacial score (nSPS) is 20.5. The molecule has 7 heteroatoms. The monoisotopic (exact) mass is 421 g/mol. The molecule has 2 N–H and O–H groups in total. The van der Waals surface area contributed by atoms with E-state index in [0.29, 0.717) is 12.1 Å². The molecule has 1 saturated heterocycles. The number of nitrogens with zero attached hydrogens (tertiary/aromatic N) is 1. The molecule has 0 atom stereocenters. The van der Waals surface area contributed by atoms with Gasteiger partial charge >= 0.3 is 0 Å². The first kappa shape index (κ1) is 22.2. The summed E-state index contributed by atoms with van der Waals surface area (Å²) in [5, 5.41) is 3.13. The van der Waals surface area contributed by atoms with Gasteiger partial charge in [0.2, 0.25) is 10.0 Å². The van der Waals surface area contributed by atoms with Crippen LogP contribution in [0.1, 0.15) is 75.6 Å². The summed E-state index contributed by atoms with van der Waals surface area (Å²) in [4.78, 5) is 15.6. The smallest absolute Gasteiger partial charge is 0.251 e. The van der Waals surface area contributed by atoms with Crippen LogP contribution in [-0.4, -0.2) is 50.4 Å². The molecule has 1 amide bonds. The second-order valence-corrected chi connectivity index (χ2v) is 10.5. The summed E-state index contributed by atoms with van der Waals surface area (Å²) >= 11 is 0. The topological polar surface area (TPSA) is 78.5 Å². The van der Waals surface area contributed by atoms with Crippen molar-refractivity contribution in [3.63, 3.8) is 0 Å². The van der Waals surface area contributed by atoms with Crippen molar-refractivity contribution in [2.45, 2.75) is 81.7 Å². The van der Waals surface area contributed by atoms with Gasteiger partial charge in [0.25, 0.3) is 5.91 Å². The lowest BCUT2D eigenvalue weighted by molar-refractivity contribution is 0.0326. The summed E-state index contributed by atoms with van der Waals surface area (Å²) in [6.45, 7) is 6.42. The summed E-state index contributed by atoms with van der Waals surface area (Å²) in [5.74, 6) is -0.200. The van der Waals surface area contributed by atoms with Gasteiger partial charge in [0.1, 0.15) is 0 Å². The predicted octanol–water partition coefficient (Wildman–Crippen LogP) is 3.29. The second kappa shape index (κ2) is 9.58. The Kier molecular flexibility index (Phi) is 7.35. The van der Waals surface area contributed by atoms with Gasteiger partial charge in [-0.2, -0.15) is 0 Å². The van der Waals surface area contributed by atoms with Gasteiger partial charge in [-0.3, -0.25) is 9.69 Å². The number of likely N-dealkylation sites (tertiary alicyclic amines) is 1. The van der Waals surface area contributed by atoms with E-state index in [1.807, 2.05) is 0 Å². The maximum Gasteiger partial charge on any atom is 0.251 e. The van der Waals surface area contributed by atoms with Gasteiger partial charge in [0, 0.05) is 23.7 Å². The highest BCUT2D eigenvalue weighted by Crippen LogP contribution is 2.35. The molecule has 1 aliphatic heterocycles. The first-order valence-corrected chi connectivity index (χ1v) is 12.5. The van der Waals surface area contributed by atoms with Crippen molar-refractivity contribution in [2.24, 2.45) is 0 Å². The number of rotatable bonds is 7. The fraction of sp³-hybridized carbons (Fsp3) is 0.682. The fourth-order valence-electron chi connectivity index (χ4n) is 4.71. The zero-order chi connectivity index (χ0) is 20.9. The van der Waals surface area contributed by atoms with Crippen molar-refractivity contribution in [1.82, 2.24) is 14.9 Å². The van der Waals surface area contributed by atoms with Crippen molar-refractivity contribution >= 4 is 15.9 Å². The molecular formula is C22H35N3O3S. The van der Waals surface area contributed by atoms with E-state index in [9.17, 15) is 13.2 Å². The molecular weight excluding hydrogens is 386 g/mol. The first-order valence-electron chi connectivity index (χ1n) is 11.0. The highest BCUT2D eigenvalue weighted by molar-refractivity contribution is 7.89. The van der Waals surface area contributed by atoms with Gasteiger partial charge in [0.05, 0.1) is 4.90 Å². The van der Waals surface area contributed by atoms with Gasteiger partial charge in [-0.15, -0.1) is 0 Å². The SMILES string of the molecule is CC(C)NS(=O)(=O)c1cccc(C(=O)NCC2(N3CCCCC3)CCCCC2)c1. The van der Waals surface area contributed by atoms with Crippen molar-refractivity contribution in [3.8, 4) is 0 Å². The lowest BCUT2D eigenvalue weighted by Gasteiger charge is -2.48. The molecule has 0 unspecified atom stereocenters. The molecule has 6 nitrogen and oxygen atoms in total. The van der Waals surface area contributed by atoms with Crippen LogP contribution in [0.5, 0.6) is 0 Å². The number of hydrogen-bond acceptors (Lipinski definition) is 4. The van der Waals surface area contributed by atoms with Crippen LogP contribution in [0.3, 0.4) is 0 Å². The van der Waals surface area contributed by atoms with Crippen LogP contribution >= 0.6 is 0 Å². The van der Waals surface area contributed by atoms with Crippen LogP contribution in [0.2, 0.25) is 0 Å². The predicted molar refractivity (Wildman–Crippen MR) is 115 cm³/mol. The van der Waals surface area contributed by atoms with E-state index in [0.717, 1.165) is 25.9 Å². The third-order valence-electron chi connectivity index (χ3n) is 6.19. The molecule has 1 aromatic carbocycles. The third kappa shape index (κ3) is 5.58. The average molecular weight is 422 g/mol. The van der Waals surface area contributed by atoms with E-state index in [-0.39, 0.29) is 22.4 Å². The Hall–Kier alpha value is -1.44. The largest absolute Gasteiger partial charge is 0.350 e. The maximum atomic E-state index is 12.9. The zero-order valence-electron chi connectivity index (χ0n) is 17.7. The first-order chi connectivity index (χ1) is 13.8. The zero-order valence-corrected chi connectivity index (χ0v) is 18.6. The fourth-order valence-corrected chi connectivity index (χ4v) is 6.01. The molecule has 0 bridgehead atoms. The molecule has 1 heterocycles. The van der Waals surface area contributed by atoms with E-state index in [1.54, 1.807) is 26.0 Å². The van der Waals surface area contributed by atoms with E-state index in [1.165, 1.54) is 50.7 Å². The van der Waals surface area contributed by atoms with Crippen molar-refractivity contribution in [2.75, 3.05) is 19.6 Å². The number of sulfonamides is 1. The van der Waals surface area contributed by atoms with Crippen molar-refractivity contribution in [1.29, 1.82) is 0 Å². The quantitative estimate of drug-likeness (QED) is 0.708. The van der Waals surface area contributed by atoms with E-state index in [2.05, 4.69) is 14.9 Å². The Morgan fingerprint density at radius 1 is 1.07 bits per heavy atom. The summed E-state index contributed by atoms with van der Waals surface area (Å²) in [6.07, 6.45) is 9.70. The molecule has 1 aliphatic carbocycles. The number of amides is 1. The minimum atomic E-state index is -3.62. The molecule has 29 heavy (non-hydrogen) atoms. The molecule has 0 radical (unpaired) electrons. The third-order valence-corrected chi connectivity index (χ3v) is 7.84. The van der Waals surface area contributed by atoms with E-state index in [4.69, 9.17) is 0 Å². The molecule has 162 valence electrons. The molecule has 0 spiro atoms. The number of benzene rings is 1. The average Bonchev–Trinajstić information content (AvgIpc) is 2.72. The minimum absolute atomic E-state index is 0.0528. The summed E-state index contributed by atoms with van der Waals surface area (Å²) in [6, 6.07) is 6.10. The Bertz CT molecular complexity index is 795.